The third-order valence-corrected chi connectivity index (χ3v) is 3.77. The lowest BCUT2D eigenvalue weighted by Crippen LogP contribution is -2.24. The Labute approximate surface area is 127 Å². The third kappa shape index (κ3) is 3.42. The SMILES string of the molecule is CCNC(c1ccc(OC)cc1C)c1ccc(C)nc1C. The average molecular weight is 284 g/mol. The van der Waals surface area contributed by atoms with Gasteiger partial charge in [-0.05, 0) is 62.2 Å². The Morgan fingerprint density at radius 1 is 1.10 bits per heavy atom. The smallest absolute Gasteiger partial charge is 0.119 e. The van der Waals surface area contributed by atoms with Crippen molar-refractivity contribution in [2.24, 2.45) is 0 Å². The van der Waals surface area contributed by atoms with Crippen molar-refractivity contribution in [3.05, 3.63) is 58.4 Å². The van der Waals surface area contributed by atoms with Crippen LogP contribution in [0.2, 0.25) is 0 Å². The standard InChI is InChI=1S/C18H24N2O/c1-6-19-18(17-9-7-13(3)20-14(17)4)16-10-8-15(21-5)11-12(16)2/h7-11,18-19H,6H2,1-5H3. The van der Waals surface area contributed by atoms with Crippen LogP contribution in [0.1, 0.15) is 41.0 Å². The lowest BCUT2D eigenvalue weighted by Gasteiger charge is -2.23. The summed E-state index contributed by atoms with van der Waals surface area (Å²) in [5.74, 6) is 0.894. The molecule has 0 radical (unpaired) electrons. The molecule has 2 rings (SSSR count). The molecule has 0 saturated heterocycles. The predicted molar refractivity (Wildman–Crippen MR) is 87.0 cm³/mol. The molecule has 1 unspecified atom stereocenters. The van der Waals surface area contributed by atoms with Crippen LogP contribution in [0.3, 0.4) is 0 Å². The Hall–Kier alpha value is -1.87. The molecule has 1 aromatic carbocycles. The van der Waals surface area contributed by atoms with Crippen LogP contribution in [0.15, 0.2) is 30.3 Å². The van der Waals surface area contributed by atoms with Crippen LogP contribution >= 0.6 is 0 Å². The van der Waals surface area contributed by atoms with Crippen LogP contribution in [0, 0.1) is 20.8 Å². The highest BCUT2D eigenvalue weighted by Gasteiger charge is 2.18. The Balaban J connectivity index is 2.48. The summed E-state index contributed by atoms with van der Waals surface area (Å²) in [6.07, 6.45) is 0. The van der Waals surface area contributed by atoms with Gasteiger partial charge in [-0.3, -0.25) is 4.98 Å². The second-order valence-corrected chi connectivity index (χ2v) is 5.34. The quantitative estimate of drug-likeness (QED) is 0.908. The van der Waals surface area contributed by atoms with Crippen molar-refractivity contribution < 1.29 is 4.74 Å². The zero-order chi connectivity index (χ0) is 15.4. The van der Waals surface area contributed by atoms with E-state index in [0.717, 1.165) is 23.7 Å². The number of rotatable bonds is 5. The van der Waals surface area contributed by atoms with Crippen molar-refractivity contribution in [1.29, 1.82) is 0 Å². The maximum Gasteiger partial charge on any atom is 0.119 e. The first kappa shape index (κ1) is 15.5. The van der Waals surface area contributed by atoms with Crippen molar-refractivity contribution in [3.8, 4) is 5.75 Å². The highest BCUT2D eigenvalue weighted by Crippen LogP contribution is 2.29. The minimum Gasteiger partial charge on any atom is -0.497 e. The molecule has 0 aliphatic heterocycles. The van der Waals surface area contributed by atoms with Crippen LogP contribution in [-0.4, -0.2) is 18.6 Å². The maximum absolute atomic E-state index is 5.30. The van der Waals surface area contributed by atoms with Crippen LogP contribution in [0.4, 0.5) is 0 Å². The lowest BCUT2D eigenvalue weighted by molar-refractivity contribution is 0.414. The minimum absolute atomic E-state index is 0.161. The number of methoxy groups -OCH3 is 1. The van der Waals surface area contributed by atoms with Crippen LogP contribution in [0.5, 0.6) is 5.75 Å². The second kappa shape index (κ2) is 6.72. The zero-order valence-corrected chi connectivity index (χ0v) is 13.5. The average Bonchev–Trinajstić information content (AvgIpc) is 2.46. The zero-order valence-electron chi connectivity index (χ0n) is 13.5. The fraction of sp³-hybridized carbons (Fsp3) is 0.389. The van der Waals surface area contributed by atoms with E-state index < -0.39 is 0 Å². The summed E-state index contributed by atoms with van der Waals surface area (Å²) in [6, 6.07) is 10.6. The van der Waals surface area contributed by atoms with E-state index in [1.165, 1.54) is 16.7 Å². The van der Waals surface area contributed by atoms with E-state index in [1.54, 1.807) is 7.11 Å². The molecular weight excluding hydrogens is 260 g/mol. The number of aromatic nitrogens is 1. The number of nitrogens with one attached hydrogen (secondary N) is 1. The molecule has 0 aliphatic rings. The number of ether oxygens (including phenoxy) is 1. The molecule has 3 heteroatoms. The summed E-state index contributed by atoms with van der Waals surface area (Å²) in [5.41, 5.74) is 5.86. The van der Waals surface area contributed by atoms with E-state index in [2.05, 4.69) is 55.3 Å². The number of aryl methyl sites for hydroxylation is 3. The number of hydrogen-bond donors (Lipinski definition) is 1. The molecule has 1 atom stereocenters. The summed E-state index contributed by atoms with van der Waals surface area (Å²) >= 11 is 0. The van der Waals surface area contributed by atoms with Gasteiger partial charge in [-0.1, -0.05) is 19.1 Å². The van der Waals surface area contributed by atoms with Gasteiger partial charge in [0, 0.05) is 11.4 Å². The van der Waals surface area contributed by atoms with Gasteiger partial charge in [0.25, 0.3) is 0 Å². The summed E-state index contributed by atoms with van der Waals surface area (Å²) in [7, 11) is 1.70. The summed E-state index contributed by atoms with van der Waals surface area (Å²) in [6.45, 7) is 9.26. The molecule has 1 aromatic heterocycles. The predicted octanol–water partition coefficient (Wildman–Crippen LogP) is 3.71. The molecule has 3 nitrogen and oxygen atoms in total. The first-order valence-corrected chi connectivity index (χ1v) is 7.38. The van der Waals surface area contributed by atoms with E-state index in [0.29, 0.717) is 0 Å². The van der Waals surface area contributed by atoms with Gasteiger partial charge >= 0.3 is 0 Å². The molecule has 0 aliphatic carbocycles. The van der Waals surface area contributed by atoms with Crippen molar-refractivity contribution in [3.63, 3.8) is 0 Å². The molecule has 1 heterocycles. The van der Waals surface area contributed by atoms with E-state index >= 15 is 0 Å². The first-order valence-electron chi connectivity index (χ1n) is 7.38. The van der Waals surface area contributed by atoms with Gasteiger partial charge in [0.05, 0.1) is 13.2 Å². The molecule has 1 N–H and O–H groups in total. The van der Waals surface area contributed by atoms with E-state index in [1.807, 2.05) is 13.0 Å². The first-order chi connectivity index (χ1) is 10.1. The maximum atomic E-state index is 5.30. The Bertz CT molecular complexity index is 623. The number of hydrogen-bond acceptors (Lipinski definition) is 3. The van der Waals surface area contributed by atoms with Gasteiger partial charge in [0.1, 0.15) is 5.75 Å². The molecule has 2 aromatic rings. The van der Waals surface area contributed by atoms with E-state index in [-0.39, 0.29) is 6.04 Å². The van der Waals surface area contributed by atoms with Gasteiger partial charge in [-0.15, -0.1) is 0 Å². The largest absolute Gasteiger partial charge is 0.497 e. The normalized spacial score (nSPS) is 12.2. The fourth-order valence-electron chi connectivity index (χ4n) is 2.69. The third-order valence-electron chi connectivity index (χ3n) is 3.77. The molecule has 0 fully saturated rings. The minimum atomic E-state index is 0.161. The molecule has 0 saturated carbocycles. The highest BCUT2D eigenvalue weighted by molar-refractivity contribution is 5.42. The number of benzene rings is 1. The lowest BCUT2D eigenvalue weighted by atomic mass is 9.93. The van der Waals surface area contributed by atoms with Gasteiger partial charge in [0.2, 0.25) is 0 Å². The molecule has 21 heavy (non-hydrogen) atoms. The summed E-state index contributed by atoms with van der Waals surface area (Å²) in [5, 5.41) is 3.57. The fourth-order valence-corrected chi connectivity index (χ4v) is 2.69. The van der Waals surface area contributed by atoms with Crippen molar-refractivity contribution in [2.45, 2.75) is 33.7 Å². The number of pyridine rings is 1. The highest BCUT2D eigenvalue weighted by atomic mass is 16.5. The Morgan fingerprint density at radius 3 is 2.38 bits per heavy atom. The van der Waals surface area contributed by atoms with Crippen molar-refractivity contribution in [1.82, 2.24) is 10.3 Å². The van der Waals surface area contributed by atoms with Crippen LogP contribution < -0.4 is 10.1 Å². The van der Waals surface area contributed by atoms with Gasteiger partial charge in [-0.25, -0.2) is 0 Å². The van der Waals surface area contributed by atoms with Gasteiger partial charge in [-0.2, -0.15) is 0 Å². The molecular formula is C18H24N2O. The molecule has 0 amide bonds. The molecule has 0 bridgehead atoms. The second-order valence-electron chi connectivity index (χ2n) is 5.34. The summed E-state index contributed by atoms with van der Waals surface area (Å²) < 4.78 is 5.30. The Morgan fingerprint density at radius 2 is 1.81 bits per heavy atom. The van der Waals surface area contributed by atoms with Gasteiger partial charge < -0.3 is 10.1 Å². The topological polar surface area (TPSA) is 34.1 Å². The number of nitrogens with zero attached hydrogens (tertiary/aromatic N) is 1. The van der Waals surface area contributed by atoms with E-state index in [4.69, 9.17) is 4.74 Å². The van der Waals surface area contributed by atoms with E-state index in [9.17, 15) is 0 Å². The molecule has 112 valence electrons. The van der Waals surface area contributed by atoms with Gasteiger partial charge in [0.15, 0.2) is 0 Å². The Kier molecular flexibility index (Phi) is 4.97. The van der Waals surface area contributed by atoms with Crippen molar-refractivity contribution in [2.75, 3.05) is 13.7 Å². The molecule has 0 spiro atoms. The van der Waals surface area contributed by atoms with Crippen LogP contribution in [0.25, 0.3) is 0 Å². The summed E-state index contributed by atoms with van der Waals surface area (Å²) in [4.78, 5) is 4.60. The van der Waals surface area contributed by atoms with Crippen molar-refractivity contribution >= 4 is 0 Å². The van der Waals surface area contributed by atoms with Crippen LogP contribution in [-0.2, 0) is 0 Å². The monoisotopic (exact) mass is 284 g/mol.